The summed E-state index contributed by atoms with van der Waals surface area (Å²) in [6.45, 7) is 0.560. The van der Waals surface area contributed by atoms with Crippen LogP contribution in [-0.2, 0) is 14.4 Å². The van der Waals surface area contributed by atoms with Crippen LogP contribution in [0.1, 0.15) is 32.1 Å². The summed E-state index contributed by atoms with van der Waals surface area (Å²) in [5.74, 6) is -1.57. The monoisotopic (exact) mass is 283 g/mol. The van der Waals surface area contributed by atoms with Gasteiger partial charge in [0.2, 0.25) is 11.8 Å². The maximum atomic E-state index is 11.9. The van der Waals surface area contributed by atoms with Crippen molar-refractivity contribution in [2.45, 2.75) is 44.2 Å². The second-order valence-corrected chi connectivity index (χ2v) is 5.70. The number of hydrogen-bond donors (Lipinski definition) is 4. The van der Waals surface area contributed by atoms with Gasteiger partial charge in [-0.15, -0.1) is 0 Å². The molecule has 1 aliphatic carbocycles. The summed E-state index contributed by atoms with van der Waals surface area (Å²) in [5.41, 5.74) is 5.76. The number of carbonyl (C=O) groups excluding carboxylic acids is 2. The van der Waals surface area contributed by atoms with Gasteiger partial charge in [-0.25, -0.2) is 4.79 Å². The first-order valence-corrected chi connectivity index (χ1v) is 7.04. The van der Waals surface area contributed by atoms with Crippen LogP contribution in [-0.4, -0.2) is 41.5 Å². The molecule has 2 aliphatic rings. The van der Waals surface area contributed by atoms with Crippen LogP contribution in [0, 0.1) is 11.8 Å². The van der Waals surface area contributed by atoms with Crippen LogP contribution in [0.5, 0.6) is 0 Å². The topological polar surface area (TPSA) is 122 Å². The maximum absolute atomic E-state index is 11.9. The molecular weight excluding hydrogens is 262 g/mol. The summed E-state index contributed by atoms with van der Waals surface area (Å²) in [6.07, 6.45) is 3.49. The normalized spacial score (nSPS) is 24.9. The molecule has 1 aliphatic heterocycles. The summed E-state index contributed by atoms with van der Waals surface area (Å²) in [5, 5.41) is 14.3. The molecule has 0 radical (unpaired) electrons. The van der Waals surface area contributed by atoms with E-state index in [9.17, 15) is 14.4 Å². The lowest BCUT2D eigenvalue weighted by Crippen LogP contribution is -2.49. The van der Waals surface area contributed by atoms with Crippen molar-refractivity contribution in [3.05, 3.63) is 0 Å². The predicted octanol–water partition coefficient (Wildman–Crippen LogP) is -0.791. The fourth-order valence-electron chi connectivity index (χ4n) is 2.47. The van der Waals surface area contributed by atoms with Gasteiger partial charge in [0.1, 0.15) is 6.04 Å². The minimum Gasteiger partial charge on any atom is -0.480 e. The third-order valence-electron chi connectivity index (χ3n) is 3.92. The number of carbonyl (C=O) groups is 3. The second-order valence-electron chi connectivity index (χ2n) is 5.70. The van der Waals surface area contributed by atoms with E-state index in [0.29, 0.717) is 25.3 Å². The third-order valence-corrected chi connectivity index (χ3v) is 3.92. The molecule has 2 rings (SSSR count). The number of carboxylic acids is 1. The zero-order valence-corrected chi connectivity index (χ0v) is 11.3. The SMILES string of the molecule is NC(CC1CC1)C(=O)NC(CC1CCNC1=O)C(=O)O. The Bertz CT molecular complexity index is 408. The fourth-order valence-corrected chi connectivity index (χ4v) is 2.47. The smallest absolute Gasteiger partial charge is 0.326 e. The predicted molar refractivity (Wildman–Crippen MR) is 70.6 cm³/mol. The van der Waals surface area contributed by atoms with Crippen LogP contribution in [0.4, 0.5) is 0 Å². The molecule has 2 amide bonds. The average Bonchev–Trinajstić information content (AvgIpc) is 3.11. The van der Waals surface area contributed by atoms with Crippen molar-refractivity contribution in [2.75, 3.05) is 6.54 Å². The van der Waals surface area contributed by atoms with Gasteiger partial charge in [0.05, 0.1) is 6.04 Å². The lowest BCUT2D eigenvalue weighted by Gasteiger charge is -2.19. The van der Waals surface area contributed by atoms with Crippen molar-refractivity contribution in [1.29, 1.82) is 0 Å². The van der Waals surface area contributed by atoms with Crippen LogP contribution >= 0.6 is 0 Å². The highest BCUT2D eigenvalue weighted by Crippen LogP contribution is 2.33. The van der Waals surface area contributed by atoms with Crippen molar-refractivity contribution in [3.8, 4) is 0 Å². The Morgan fingerprint density at radius 2 is 2.05 bits per heavy atom. The third kappa shape index (κ3) is 3.93. The highest BCUT2D eigenvalue weighted by molar-refractivity contribution is 5.87. The maximum Gasteiger partial charge on any atom is 0.326 e. The van der Waals surface area contributed by atoms with Crippen LogP contribution in [0.2, 0.25) is 0 Å². The number of nitrogens with two attached hydrogens (primary N) is 1. The van der Waals surface area contributed by atoms with Crippen molar-refractivity contribution in [3.63, 3.8) is 0 Å². The minimum absolute atomic E-state index is 0.114. The Balaban J connectivity index is 1.85. The van der Waals surface area contributed by atoms with Gasteiger partial charge in [-0.1, -0.05) is 12.8 Å². The molecule has 1 heterocycles. The summed E-state index contributed by atoms with van der Waals surface area (Å²) in [7, 11) is 0. The van der Waals surface area contributed by atoms with E-state index in [1.165, 1.54) is 0 Å². The lowest BCUT2D eigenvalue weighted by atomic mass is 9.98. The summed E-state index contributed by atoms with van der Waals surface area (Å²) in [4.78, 5) is 34.5. The van der Waals surface area contributed by atoms with Crippen LogP contribution in [0.25, 0.3) is 0 Å². The minimum atomic E-state index is -1.13. The van der Waals surface area contributed by atoms with Crippen molar-refractivity contribution < 1.29 is 19.5 Å². The van der Waals surface area contributed by atoms with E-state index in [1.54, 1.807) is 0 Å². The molecule has 1 saturated carbocycles. The molecule has 0 aromatic rings. The van der Waals surface area contributed by atoms with E-state index in [4.69, 9.17) is 10.8 Å². The molecule has 5 N–H and O–H groups in total. The van der Waals surface area contributed by atoms with Crippen LogP contribution in [0.15, 0.2) is 0 Å². The van der Waals surface area contributed by atoms with Gasteiger partial charge in [-0.3, -0.25) is 9.59 Å². The van der Waals surface area contributed by atoms with Gasteiger partial charge in [-0.2, -0.15) is 0 Å². The first-order valence-electron chi connectivity index (χ1n) is 7.04. The molecule has 20 heavy (non-hydrogen) atoms. The molecule has 0 aromatic carbocycles. The molecule has 7 heteroatoms. The second kappa shape index (κ2) is 6.21. The Labute approximate surface area is 117 Å². The van der Waals surface area contributed by atoms with Gasteiger partial charge in [0.15, 0.2) is 0 Å². The van der Waals surface area contributed by atoms with E-state index in [2.05, 4.69) is 10.6 Å². The lowest BCUT2D eigenvalue weighted by molar-refractivity contribution is -0.142. The Morgan fingerprint density at radius 1 is 1.35 bits per heavy atom. The number of rotatable bonds is 7. The molecule has 1 saturated heterocycles. The summed E-state index contributed by atoms with van der Waals surface area (Å²) >= 11 is 0. The van der Waals surface area contributed by atoms with Gasteiger partial charge < -0.3 is 21.5 Å². The molecule has 3 unspecified atom stereocenters. The molecular formula is C13H21N3O4. The molecule has 112 valence electrons. The molecule has 0 bridgehead atoms. The molecule has 3 atom stereocenters. The van der Waals surface area contributed by atoms with Crippen LogP contribution in [0.3, 0.4) is 0 Å². The van der Waals surface area contributed by atoms with E-state index >= 15 is 0 Å². The molecule has 7 nitrogen and oxygen atoms in total. The van der Waals surface area contributed by atoms with Gasteiger partial charge in [0, 0.05) is 12.5 Å². The number of aliphatic carboxylic acids is 1. The Kier molecular flexibility index (Phi) is 4.59. The summed E-state index contributed by atoms with van der Waals surface area (Å²) in [6, 6.07) is -1.72. The average molecular weight is 283 g/mol. The molecule has 0 spiro atoms. The molecule has 0 aromatic heterocycles. The summed E-state index contributed by atoms with van der Waals surface area (Å²) < 4.78 is 0. The highest BCUT2D eigenvalue weighted by atomic mass is 16.4. The number of nitrogens with one attached hydrogen (secondary N) is 2. The zero-order valence-electron chi connectivity index (χ0n) is 11.3. The van der Waals surface area contributed by atoms with Crippen molar-refractivity contribution in [2.24, 2.45) is 17.6 Å². The first kappa shape index (κ1) is 14.8. The standard InChI is InChI=1S/C13H21N3O4/c14-9(5-7-1-2-7)12(18)16-10(13(19)20)6-8-3-4-15-11(8)17/h7-10H,1-6,14H2,(H,15,17)(H,16,18)(H,19,20). The fraction of sp³-hybridized carbons (Fsp3) is 0.769. The van der Waals surface area contributed by atoms with Gasteiger partial charge >= 0.3 is 5.97 Å². The zero-order chi connectivity index (χ0) is 14.7. The number of amides is 2. The van der Waals surface area contributed by atoms with E-state index in [-0.39, 0.29) is 18.2 Å². The number of hydrogen-bond acceptors (Lipinski definition) is 4. The van der Waals surface area contributed by atoms with E-state index < -0.39 is 24.0 Å². The number of carboxylic acid groups (broad SMARTS) is 1. The van der Waals surface area contributed by atoms with Crippen molar-refractivity contribution >= 4 is 17.8 Å². The Hall–Kier alpha value is -1.63. The van der Waals surface area contributed by atoms with Gasteiger partial charge in [0.25, 0.3) is 0 Å². The highest BCUT2D eigenvalue weighted by Gasteiger charge is 2.33. The quantitative estimate of drug-likeness (QED) is 0.488. The Morgan fingerprint density at radius 3 is 2.55 bits per heavy atom. The first-order chi connectivity index (χ1) is 9.47. The van der Waals surface area contributed by atoms with Crippen LogP contribution < -0.4 is 16.4 Å². The van der Waals surface area contributed by atoms with E-state index in [0.717, 1.165) is 12.8 Å². The molecule has 2 fully saturated rings. The largest absolute Gasteiger partial charge is 0.480 e. The van der Waals surface area contributed by atoms with Crippen molar-refractivity contribution in [1.82, 2.24) is 10.6 Å². The van der Waals surface area contributed by atoms with Gasteiger partial charge in [-0.05, 0) is 25.2 Å². The van der Waals surface area contributed by atoms with E-state index in [1.807, 2.05) is 0 Å².